The molecule has 8 heteroatoms. The predicted molar refractivity (Wildman–Crippen MR) is 76.3 cm³/mol. The molecule has 0 saturated heterocycles. The monoisotopic (exact) mass is 340 g/mol. The zero-order valence-corrected chi connectivity index (χ0v) is 12.2. The lowest BCUT2D eigenvalue weighted by atomic mass is 10.2. The maximum absolute atomic E-state index is 11.3. The van der Waals surface area contributed by atoms with Crippen molar-refractivity contribution in [3.05, 3.63) is 40.4 Å². The Morgan fingerprint density at radius 2 is 2.26 bits per heavy atom. The summed E-state index contributed by atoms with van der Waals surface area (Å²) in [4.78, 5) is 15.4. The number of carbonyl (C=O) groups is 1. The topological polar surface area (TPSA) is 83.0 Å². The number of aromatic nitrogens is 3. The highest BCUT2D eigenvalue weighted by Crippen LogP contribution is 2.23. The van der Waals surface area contributed by atoms with E-state index in [-0.39, 0.29) is 10.8 Å². The Morgan fingerprint density at radius 1 is 1.53 bits per heavy atom. The second-order valence-corrected chi connectivity index (χ2v) is 4.80. The molecule has 1 heterocycles. The van der Waals surface area contributed by atoms with Gasteiger partial charge in [-0.3, -0.25) is 0 Å². The van der Waals surface area contributed by atoms with Crippen molar-refractivity contribution in [3.8, 4) is 5.69 Å². The van der Waals surface area contributed by atoms with E-state index in [4.69, 9.17) is 18.0 Å². The van der Waals surface area contributed by atoms with Crippen LogP contribution in [-0.2, 0) is 4.74 Å². The molecule has 0 unspecified atom stereocenters. The molecule has 2 N–H and O–H groups in total. The van der Waals surface area contributed by atoms with Crippen LogP contribution in [0.1, 0.15) is 16.2 Å². The molecular weight excluding hydrogens is 332 g/mol. The summed E-state index contributed by atoms with van der Waals surface area (Å²) in [5.74, 6) is -0.637. The first-order valence-corrected chi connectivity index (χ1v) is 6.33. The van der Waals surface area contributed by atoms with Crippen molar-refractivity contribution < 1.29 is 9.53 Å². The molecule has 0 aliphatic rings. The summed E-state index contributed by atoms with van der Waals surface area (Å²) in [7, 11) is 1.27. The van der Waals surface area contributed by atoms with Crippen LogP contribution in [0.5, 0.6) is 0 Å². The largest absolute Gasteiger partial charge is 0.463 e. The van der Waals surface area contributed by atoms with Gasteiger partial charge in [0.1, 0.15) is 11.3 Å². The van der Waals surface area contributed by atoms with E-state index in [1.165, 1.54) is 18.1 Å². The lowest BCUT2D eigenvalue weighted by Gasteiger charge is -2.09. The van der Waals surface area contributed by atoms with Gasteiger partial charge < -0.3 is 10.5 Å². The molecule has 0 fully saturated rings. The summed E-state index contributed by atoms with van der Waals surface area (Å²) in [6, 6.07) is 5.39. The van der Waals surface area contributed by atoms with Crippen LogP contribution in [-0.4, -0.2) is 32.8 Å². The van der Waals surface area contributed by atoms with Crippen molar-refractivity contribution in [2.45, 2.75) is 0 Å². The normalized spacial score (nSPS) is 10.2. The molecule has 0 atom stereocenters. The third-order valence-electron chi connectivity index (χ3n) is 2.34. The van der Waals surface area contributed by atoms with Crippen LogP contribution in [0.3, 0.4) is 0 Å². The highest BCUT2D eigenvalue weighted by Gasteiger charge is 2.16. The standard InChI is InChI=1S/C11H9BrN4O2S/c1-18-11(17)10-14-5-16(15-10)7-4-2-3-6(12)8(7)9(13)19/h2-5H,1H3,(H2,13,19). The molecule has 0 saturated carbocycles. The van der Waals surface area contributed by atoms with Gasteiger partial charge in [0.15, 0.2) is 0 Å². The number of hydrogen-bond donors (Lipinski definition) is 1. The quantitative estimate of drug-likeness (QED) is 0.672. The van der Waals surface area contributed by atoms with E-state index >= 15 is 0 Å². The van der Waals surface area contributed by atoms with Crippen LogP contribution in [0.2, 0.25) is 0 Å². The molecule has 0 aliphatic carbocycles. The molecule has 19 heavy (non-hydrogen) atoms. The van der Waals surface area contributed by atoms with Crippen LogP contribution < -0.4 is 5.73 Å². The molecule has 0 radical (unpaired) electrons. The van der Waals surface area contributed by atoms with Crippen LogP contribution in [0, 0.1) is 0 Å². The SMILES string of the molecule is COC(=O)c1ncn(-c2cccc(Br)c2C(N)=S)n1. The minimum atomic E-state index is -0.606. The number of ether oxygens (including phenoxy) is 1. The van der Waals surface area contributed by atoms with E-state index < -0.39 is 5.97 Å². The smallest absolute Gasteiger partial charge is 0.377 e. The van der Waals surface area contributed by atoms with E-state index in [0.29, 0.717) is 11.3 Å². The molecule has 0 amide bonds. The summed E-state index contributed by atoms with van der Waals surface area (Å²) in [6.45, 7) is 0. The Kier molecular flexibility index (Phi) is 3.91. The number of rotatable bonds is 3. The summed E-state index contributed by atoms with van der Waals surface area (Å²) < 4.78 is 6.72. The van der Waals surface area contributed by atoms with Gasteiger partial charge in [0, 0.05) is 10.0 Å². The minimum absolute atomic E-state index is 0.0311. The van der Waals surface area contributed by atoms with E-state index in [2.05, 4.69) is 30.7 Å². The highest BCUT2D eigenvalue weighted by molar-refractivity contribution is 9.10. The van der Waals surface area contributed by atoms with Gasteiger partial charge in [-0.15, -0.1) is 5.10 Å². The number of halogens is 1. The number of benzene rings is 1. The van der Waals surface area contributed by atoms with Gasteiger partial charge in [-0.05, 0) is 28.1 Å². The van der Waals surface area contributed by atoms with Crippen LogP contribution in [0.4, 0.5) is 0 Å². The van der Waals surface area contributed by atoms with Crippen molar-refractivity contribution in [3.63, 3.8) is 0 Å². The number of hydrogen-bond acceptors (Lipinski definition) is 5. The lowest BCUT2D eigenvalue weighted by molar-refractivity contribution is 0.0587. The third kappa shape index (κ3) is 2.64. The molecule has 98 valence electrons. The number of carbonyl (C=O) groups excluding carboxylic acids is 1. The van der Waals surface area contributed by atoms with Crippen molar-refractivity contribution in [2.75, 3.05) is 7.11 Å². The van der Waals surface area contributed by atoms with Crippen molar-refractivity contribution in [1.82, 2.24) is 14.8 Å². The average Bonchev–Trinajstić information content (AvgIpc) is 2.86. The maximum Gasteiger partial charge on any atom is 0.377 e. The summed E-state index contributed by atoms with van der Waals surface area (Å²) in [5.41, 5.74) is 6.95. The van der Waals surface area contributed by atoms with Crippen molar-refractivity contribution in [2.24, 2.45) is 5.73 Å². The first-order chi connectivity index (χ1) is 9.04. The first kappa shape index (κ1) is 13.6. The number of nitrogens with two attached hydrogens (primary N) is 1. The Bertz CT molecular complexity index is 656. The minimum Gasteiger partial charge on any atom is -0.463 e. The summed E-state index contributed by atoms with van der Waals surface area (Å²) >= 11 is 8.39. The lowest BCUT2D eigenvalue weighted by Crippen LogP contribution is -2.15. The van der Waals surface area contributed by atoms with Gasteiger partial charge in [-0.25, -0.2) is 14.5 Å². The molecule has 0 aliphatic heterocycles. The summed E-state index contributed by atoms with van der Waals surface area (Å²) in [5, 5.41) is 4.03. The van der Waals surface area contributed by atoms with Gasteiger partial charge in [0.25, 0.3) is 5.82 Å². The summed E-state index contributed by atoms with van der Waals surface area (Å²) in [6.07, 6.45) is 1.40. The van der Waals surface area contributed by atoms with Crippen molar-refractivity contribution >= 4 is 39.1 Å². The zero-order chi connectivity index (χ0) is 14.0. The Labute approximate surface area is 122 Å². The average molecular weight is 341 g/mol. The third-order valence-corrected chi connectivity index (χ3v) is 3.21. The highest BCUT2D eigenvalue weighted by atomic mass is 79.9. The fourth-order valence-electron chi connectivity index (χ4n) is 1.51. The van der Waals surface area contributed by atoms with E-state index in [1.807, 2.05) is 6.07 Å². The molecular formula is C11H9BrN4O2S. The van der Waals surface area contributed by atoms with Crippen LogP contribution in [0.25, 0.3) is 5.69 Å². The van der Waals surface area contributed by atoms with Gasteiger partial charge in [-0.2, -0.15) is 0 Å². The number of methoxy groups -OCH3 is 1. The predicted octanol–water partition coefficient (Wildman–Crippen LogP) is 1.45. The second kappa shape index (κ2) is 5.45. The van der Waals surface area contributed by atoms with Gasteiger partial charge >= 0.3 is 5.97 Å². The fourth-order valence-corrected chi connectivity index (χ4v) is 2.43. The molecule has 2 aromatic rings. The molecule has 2 rings (SSSR count). The molecule has 1 aromatic carbocycles. The Balaban J connectivity index is 2.53. The number of nitrogens with zero attached hydrogens (tertiary/aromatic N) is 3. The number of thiocarbonyl (C=S) groups is 1. The molecule has 0 spiro atoms. The van der Waals surface area contributed by atoms with Gasteiger partial charge in [-0.1, -0.05) is 18.3 Å². The maximum atomic E-state index is 11.3. The van der Waals surface area contributed by atoms with Crippen molar-refractivity contribution in [1.29, 1.82) is 0 Å². The number of esters is 1. The van der Waals surface area contributed by atoms with E-state index in [9.17, 15) is 4.79 Å². The zero-order valence-electron chi connectivity index (χ0n) is 9.83. The van der Waals surface area contributed by atoms with Crippen LogP contribution in [0.15, 0.2) is 29.0 Å². The Morgan fingerprint density at radius 3 is 2.89 bits per heavy atom. The van der Waals surface area contributed by atoms with Crippen LogP contribution >= 0.6 is 28.1 Å². The molecule has 6 nitrogen and oxygen atoms in total. The first-order valence-electron chi connectivity index (χ1n) is 5.13. The fraction of sp³-hybridized carbons (Fsp3) is 0.0909. The van der Waals surface area contributed by atoms with Gasteiger partial charge in [0.2, 0.25) is 0 Å². The molecule has 0 bridgehead atoms. The second-order valence-electron chi connectivity index (χ2n) is 3.50. The van der Waals surface area contributed by atoms with Gasteiger partial charge in [0.05, 0.1) is 12.8 Å². The molecule has 1 aromatic heterocycles. The van der Waals surface area contributed by atoms with E-state index in [1.54, 1.807) is 12.1 Å². The van der Waals surface area contributed by atoms with E-state index in [0.717, 1.165) is 4.47 Å². The Hall–Kier alpha value is -1.80.